The highest BCUT2D eigenvalue weighted by atomic mass is 79.9. The van der Waals surface area contributed by atoms with Gasteiger partial charge in [0.25, 0.3) is 0 Å². The molecule has 1 fully saturated rings. The zero-order valence-corrected chi connectivity index (χ0v) is 17.4. The van der Waals surface area contributed by atoms with Gasteiger partial charge < -0.3 is 24.8 Å². The molecule has 2 aliphatic heterocycles. The van der Waals surface area contributed by atoms with Crippen LogP contribution in [0.5, 0.6) is 11.5 Å². The van der Waals surface area contributed by atoms with Gasteiger partial charge >= 0.3 is 12.0 Å². The third-order valence-corrected chi connectivity index (χ3v) is 6.14. The summed E-state index contributed by atoms with van der Waals surface area (Å²) in [6.07, 6.45) is 3.88. The maximum Gasteiger partial charge on any atom is 0.338 e. The lowest BCUT2D eigenvalue weighted by Crippen LogP contribution is -2.45. The van der Waals surface area contributed by atoms with Crippen LogP contribution in [0.3, 0.4) is 0 Å². The molecule has 0 unspecified atom stereocenters. The quantitative estimate of drug-likeness (QED) is 0.681. The van der Waals surface area contributed by atoms with Gasteiger partial charge in [-0.05, 0) is 49.8 Å². The molecule has 2 N–H and O–H groups in total. The van der Waals surface area contributed by atoms with E-state index in [-0.39, 0.29) is 18.9 Å². The lowest BCUT2D eigenvalue weighted by atomic mass is 9.88. The topological polar surface area (TPSA) is 85.9 Å². The van der Waals surface area contributed by atoms with Gasteiger partial charge in [-0.2, -0.15) is 0 Å². The molecule has 0 saturated heterocycles. The molecule has 3 aliphatic rings. The molecule has 1 aromatic rings. The number of hydrogen-bond acceptors (Lipinski definition) is 5. The van der Waals surface area contributed by atoms with Gasteiger partial charge in [0.15, 0.2) is 11.5 Å². The molecule has 150 valence electrons. The minimum absolute atomic E-state index is 0.0879. The summed E-state index contributed by atoms with van der Waals surface area (Å²) in [5, 5.41) is 5.52. The van der Waals surface area contributed by atoms with Crippen LogP contribution in [0.1, 0.15) is 51.1 Å². The molecule has 0 bridgehead atoms. The number of halogens is 1. The molecule has 0 aromatic heterocycles. The summed E-state index contributed by atoms with van der Waals surface area (Å²) in [4.78, 5) is 25.2. The molecule has 1 aromatic carbocycles. The first-order valence-electron chi connectivity index (χ1n) is 9.50. The van der Waals surface area contributed by atoms with Crippen LogP contribution in [-0.2, 0) is 9.53 Å². The first-order chi connectivity index (χ1) is 13.4. The van der Waals surface area contributed by atoms with E-state index in [9.17, 15) is 9.59 Å². The van der Waals surface area contributed by atoms with Crippen LogP contribution >= 0.6 is 15.9 Å². The Morgan fingerprint density at radius 2 is 2.00 bits per heavy atom. The van der Waals surface area contributed by atoms with Crippen LogP contribution in [0.2, 0.25) is 0 Å². The molecule has 7 nitrogen and oxygen atoms in total. The van der Waals surface area contributed by atoms with Crippen molar-refractivity contribution in [1.29, 1.82) is 0 Å². The van der Waals surface area contributed by atoms with Gasteiger partial charge in [-0.1, -0.05) is 29.3 Å². The average molecular weight is 451 g/mol. The maximum absolute atomic E-state index is 13.1. The monoisotopic (exact) mass is 450 g/mol. The predicted octanol–water partition coefficient (Wildman–Crippen LogP) is 3.93. The third kappa shape index (κ3) is 3.70. The second-order valence-corrected chi connectivity index (χ2v) is 8.45. The molecule has 4 rings (SSSR count). The number of rotatable bonds is 3. The number of fused-ring (bicyclic) bond motifs is 1. The van der Waals surface area contributed by atoms with Crippen molar-refractivity contribution in [3.05, 3.63) is 33.4 Å². The van der Waals surface area contributed by atoms with Crippen molar-refractivity contribution < 1.29 is 23.8 Å². The number of hydrogen-bond donors (Lipinski definition) is 2. The molecule has 0 spiro atoms. The van der Waals surface area contributed by atoms with E-state index in [4.69, 9.17) is 14.2 Å². The molecule has 1 saturated carbocycles. The SMILES string of the molecule is CC1=C(C(=O)O[C@H]2CCC[C@@H](C)C2)[C@@H](c2cc3c(cc2Br)OCO3)NC(=O)N1. The Hall–Kier alpha value is -2.22. The summed E-state index contributed by atoms with van der Waals surface area (Å²) >= 11 is 3.53. The van der Waals surface area contributed by atoms with Crippen molar-refractivity contribution in [2.24, 2.45) is 5.92 Å². The van der Waals surface area contributed by atoms with Gasteiger partial charge in [-0.25, -0.2) is 9.59 Å². The molecule has 8 heteroatoms. The second-order valence-electron chi connectivity index (χ2n) is 7.60. The molecular weight excluding hydrogens is 428 g/mol. The number of urea groups is 1. The van der Waals surface area contributed by atoms with Crippen molar-refractivity contribution in [1.82, 2.24) is 10.6 Å². The lowest BCUT2D eigenvalue weighted by Gasteiger charge is -2.31. The summed E-state index contributed by atoms with van der Waals surface area (Å²) in [5.74, 6) is 1.35. The molecule has 0 radical (unpaired) electrons. The van der Waals surface area contributed by atoms with E-state index in [1.807, 2.05) is 0 Å². The number of allylic oxidation sites excluding steroid dienone is 1. The summed E-state index contributed by atoms with van der Waals surface area (Å²) < 4.78 is 17.4. The number of ether oxygens (including phenoxy) is 3. The molecule has 2 amide bonds. The van der Waals surface area contributed by atoms with Crippen LogP contribution in [-0.4, -0.2) is 24.9 Å². The molecule has 2 heterocycles. The molecule has 3 atom stereocenters. The number of esters is 1. The fourth-order valence-corrected chi connectivity index (χ4v) is 4.60. The molecule has 1 aliphatic carbocycles. The van der Waals surface area contributed by atoms with Gasteiger partial charge in [0.2, 0.25) is 6.79 Å². The Morgan fingerprint density at radius 3 is 2.75 bits per heavy atom. The number of nitrogens with one attached hydrogen (secondary N) is 2. The first-order valence-corrected chi connectivity index (χ1v) is 10.3. The largest absolute Gasteiger partial charge is 0.459 e. The Morgan fingerprint density at radius 1 is 1.25 bits per heavy atom. The van der Waals surface area contributed by atoms with Crippen molar-refractivity contribution in [3.8, 4) is 11.5 Å². The summed E-state index contributed by atoms with van der Waals surface area (Å²) in [6.45, 7) is 4.04. The Labute approximate surface area is 171 Å². The van der Waals surface area contributed by atoms with Crippen LogP contribution in [0.25, 0.3) is 0 Å². The molecular formula is C20H23BrN2O5. The van der Waals surface area contributed by atoms with E-state index in [0.29, 0.717) is 38.7 Å². The number of benzene rings is 1. The van der Waals surface area contributed by atoms with Crippen LogP contribution in [0.4, 0.5) is 4.79 Å². The zero-order valence-electron chi connectivity index (χ0n) is 15.8. The molecule has 28 heavy (non-hydrogen) atoms. The fourth-order valence-electron chi connectivity index (χ4n) is 4.05. The normalized spacial score (nSPS) is 26.5. The highest BCUT2D eigenvalue weighted by Gasteiger charge is 2.36. The Balaban J connectivity index is 1.64. The number of carbonyl (C=O) groups excluding carboxylic acids is 2. The Kier molecular flexibility index (Phi) is 5.23. The van der Waals surface area contributed by atoms with Crippen molar-refractivity contribution in [2.45, 2.75) is 51.7 Å². The summed E-state index contributed by atoms with van der Waals surface area (Å²) in [7, 11) is 0. The lowest BCUT2D eigenvalue weighted by molar-refractivity contribution is -0.146. The zero-order chi connectivity index (χ0) is 19.8. The highest BCUT2D eigenvalue weighted by Crippen LogP contribution is 2.41. The third-order valence-electron chi connectivity index (χ3n) is 5.45. The van der Waals surface area contributed by atoms with Crippen LogP contribution < -0.4 is 20.1 Å². The van der Waals surface area contributed by atoms with Crippen molar-refractivity contribution in [2.75, 3.05) is 6.79 Å². The van der Waals surface area contributed by atoms with E-state index in [0.717, 1.165) is 19.3 Å². The minimum atomic E-state index is -0.647. The first kappa shape index (κ1) is 19.1. The fraction of sp³-hybridized carbons (Fsp3) is 0.500. The minimum Gasteiger partial charge on any atom is -0.459 e. The highest BCUT2D eigenvalue weighted by molar-refractivity contribution is 9.10. The summed E-state index contributed by atoms with van der Waals surface area (Å²) in [6, 6.07) is 2.56. The average Bonchev–Trinajstić information content (AvgIpc) is 3.07. The van der Waals surface area contributed by atoms with Gasteiger partial charge in [0.05, 0.1) is 11.6 Å². The van der Waals surface area contributed by atoms with Gasteiger partial charge in [-0.15, -0.1) is 0 Å². The Bertz CT molecular complexity index is 853. The van der Waals surface area contributed by atoms with Crippen molar-refractivity contribution in [3.63, 3.8) is 0 Å². The number of carbonyl (C=O) groups is 2. The summed E-state index contributed by atoms with van der Waals surface area (Å²) in [5.41, 5.74) is 1.60. The second kappa shape index (κ2) is 7.66. The van der Waals surface area contributed by atoms with Crippen molar-refractivity contribution >= 4 is 27.9 Å². The standard InChI is InChI=1S/C20H23BrN2O5/c1-10-4-3-5-12(6-10)28-19(24)17-11(2)22-20(25)23-18(17)13-7-15-16(8-14(13)21)27-9-26-15/h7-8,10,12,18H,3-6,9H2,1-2H3,(H2,22,23,25)/t10-,12+,18-/m1/s1. The van der Waals surface area contributed by atoms with E-state index in [1.165, 1.54) is 6.42 Å². The van der Waals surface area contributed by atoms with Crippen LogP contribution in [0.15, 0.2) is 27.9 Å². The maximum atomic E-state index is 13.1. The van der Waals surface area contributed by atoms with Gasteiger partial charge in [-0.3, -0.25) is 0 Å². The van der Waals surface area contributed by atoms with E-state index < -0.39 is 12.0 Å². The predicted molar refractivity (Wildman–Crippen MR) is 105 cm³/mol. The smallest absolute Gasteiger partial charge is 0.338 e. The van der Waals surface area contributed by atoms with E-state index >= 15 is 0 Å². The van der Waals surface area contributed by atoms with Crippen LogP contribution in [0, 0.1) is 5.92 Å². The van der Waals surface area contributed by atoms with Gasteiger partial charge in [0, 0.05) is 10.2 Å². The van der Waals surface area contributed by atoms with E-state index in [2.05, 4.69) is 33.5 Å². The van der Waals surface area contributed by atoms with Gasteiger partial charge in [0.1, 0.15) is 6.10 Å². The number of amides is 2. The van der Waals surface area contributed by atoms with E-state index in [1.54, 1.807) is 19.1 Å².